The highest BCUT2D eigenvalue weighted by molar-refractivity contribution is 6.08. The second-order valence-corrected chi connectivity index (χ2v) is 7.50. The molecule has 1 aliphatic carbocycles. The molecule has 1 aromatic carbocycles. The number of benzene rings is 1. The first-order chi connectivity index (χ1) is 15.5. The number of nitrogens with one attached hydrogen (secondary N) is 3. The van der Waals surface area contributed by atoms with Crippen LogP contribution in [0.25, 0.3) is 0 Å². The van der Waals surface area contributed by atoms with Crippen LogP contribution in [0.15, 0.2) is 51.2 Å². The van der Waals surface area contributed by atoms with Crippen molar-refractivity contribution >= 4 is 35.5 Å². The maximum atomic E-state index is 12.5. The van der Waals surface area contributed by atoms with E-state index in [0.29, 0.717) is 39.7 Å². The smallest absolute Gasteiger partial charge is 0.256 e. The third-order valence-electron chi connectivity index (χ3n) is 5.09. The molecule has 32 heavy (non-hydrogen) atoms. The van der Waals surface area contributed by atoms with Crippen molar-refractivity contribution < 1.29 is 14.1 Å². The third kappa shape index (κ3) is 4.59. The molecule has 2 amide bonds. The fourth-order valence-electron chi connectivity index (χ4n) is 3.13. The summed E-state index contributed by atoms with van der Waals surface area (Å²) in [5.74, 6) is 0.126. The van der Waals surface area contributed by atoms with E-state index in [1.807, 2.05) is 13.8 Å². The van der Waals surface area contributed by atoms with E-state index in [-0.39, 0.29) is 17.9 Å². The summed E-state index contributed by atoms with van der Waals surface area (Å²) < 4.78 is 4.73. The Morgan fingerprint density at radius 1 is 1.25 bits per heavy atom. The van der Waals surface area contributed by atoms with Crippen molar-refractivity contribution in [3.8, 4) is 0 Å². The lowest BCUT2D eigenvalue weighted by atomic mass is 10.1. The van der Waals surface area contributed by atoms with Gasteiger partial charge in [-0.05, 0) is 49.9 Å². The second-order valence-electron chi connectivity index (χ2n) is 7.50. The summed E-state index contributed by atoms with van der Waals surface area (Å²) in [6, 6.07) is 6.93. The van der Waals surface area contributed by atoms with Crippen molar-refractivity contribution in [2.45, 2.75) is 32.7 Å². The van der Waals surface area contributed by atoms with Gasteiger partial charge in [0.1, 0.15) is 6.26 Å². The molecule has 2 aromatic heterocycles. The number of H-pyrrole nitrogens is 1. The molecule has 0 spiro atoms. The van der Waals surface area contributed by atoms with Crippen LogP contribution in [0.5, 0.6) is 0 Å². The van der Waals surface area contributed by atoms with Gasteiger partial charge in [-0.15, -0.1) is 0 Å². The van der Waals surface area contributed by atoms with Crippen LogP contribution in [-0.4, -0.2) is 40.2 Å². The molecule has 10 heteroatoms. The summed E-state index contributed by atoms with van der Waals surface area (Å²) in [7, 11) is 0. The molecule has 0 atom stereocenters. The van der Waals surface area contributed by atoms with Gasteiger partial charge in [0.05, 0.1) is 23.3 Å². The first kappa shape index (κ1) is 21.0. The van der Waals surface area contributed by atoms with Gasteiger partial charge >= 0.3 is 0 Å². The highest BCUT2D eigenvalue weighted by atomic mass is 16.5. The Morgan fingerprint density at radius 3 is 2.75 bits per heavy atom. The Morgan fingerprint density at radius 2 is 2.06 bits per heavy atom. The normalized spacial score (nSPS) is 14.0. The molecule has 0 bridgehead atoms. The number of aliphatic imine (C=N–C) groups is 2. The fourth-order valence-corrected chi connectivity index (χ4v) is 3.13. The SMILES string of the molecule is Cc1ccc(C(=O)Nc2ccon2)cc1N=C(N=CN)c1[nH]cc(C(=O)NC2CC2)c1C. The number of nitrogens with zero attached hydrogens (tertiary/aromatic N) is 3. The number of aromatic nitrogens is 2. The van der Waals surface area contributed by atoms with Crippen LogP contribution < -0.4 is 16.4 Å². The number of amidine groups is 1. The number of hydrogen-bond acceptors (Lipinski definition) is 5. The van der Waals surface area contributed by atoms with Gasteiger partial charge in [0, 0.05) is 23.9 Å². The monoisotopic (exact) mass is 433 g/mol. The van der Waals surface area contributed by atoms with Crippen LogP contribution >= 0.6 is 0 Å². The van der Waals surface area contributed by atoms with Gasteiger partial charge in [0.25, 0.3) is 11.8 Å². The Labute approximate surface area is 184 Å². The first-order valence-corrected chi connectivity index (χ1v) is 10.1. The lowest BCUT2D eigenvalue weighted by molar-refractivity contribution is 0.0949. The molecule has 2 heterocycles. The number of carbonyl (C=O) groups is 2. The molecule has 1 saturated carbocycles. The summed E-state index contributed by atoms with van der Waals surface area (Å²) in [5, 5.41) is 9.30. The number of nitrogens with two attached hydrogens (primary N) is 1. The number of rotatable bonds is 6. The number of carbonyl (C=O) groups excluding carboxylic acids is 2. The summed E-state index contributed by atoms with van der Waals surface area (Å²) in [5.41, 5.74) is 9.14. The minimum atomic E-state index is -0.352. The van der Waals surface area contributed by atoms with Crippen LogP contribution in [0.4, 0.5) is 11.5 Å². The molecule has 0 aliphatic heterocycles. The molecule has 164 valence electrons. The zero-order valence-electron chi connectivity index (χ0n) is 17.7. The van der Waals surface area contributed by atoms with Crippen molar-refractivity contribution in [2.75, 3.05) is 5.32 Å². The van der Waals surface area contributed by atoms with Crippen molar-refractivity contribution in [1.29, 1.82) is 0 Å². The number of aromatic amines is 1. The maximum absolute atomic E-state index is 12.5. The molecule has 4 rings (SSSR count). The van der Waals surface area contributed by atoms with Crippen molar-refractivity contribution in [3.05, 3.63) is 64.7 Å². The molecule has 1 aliphatic rings. The molecule has 5 N–H and O–H groups in total. The number of aryl methyl sites for hydroxylation is 1. The van der Waals surface area contributed by atoms with Crippen LogP contribution in [-0.2, 0) is 0 Å². The number of amides is 2. The van der Waals surface area contributed by atoms with Crippen molar-refractivity contribution in [2.24, 2.45) is 15.7 Å². The molecular formula is C22H23N7O3. The summed E-state index contributed by atoms with van der Waals surface area (Å²) in [6.45, 7) is 3.70. The zero-order chi connectivity index (χ0) is 22.7. The van der Waals surface area contributed by atoms with Gasteiger partial charge in [0.15, 0.2) is 11.7 Å². The summed E-state index contributed by atoms with van der Waals surface area (Å²) >= 11 is 0. The molecular weight excluding hydrogens is 410 g/mol. The summed E-state index contributed by atoms with van der Waals surface area (Å²) in [6.07, 6.45) is 6.16. The van der Waals surface area contributed by atoms with Gasteiger partial charge in [-0.25, -0.2) is 9.98 Å². The van der Waals surface area contributed by atoms with Gasteiger partial charge in [-0.3, -0.25) is 9.59 Å². The van der Waals surface area contributed by atoms with Gasteiger partial charge in [-0.2, -0.15) is 0 Å². The van der Waals surface area contributed by atoms with Crippen LogP contribution in [0.2, 0.25) is 0 Å². The van der Waals surface area contributed by atoms with Crippen LogP contribution in [0.1, 0.15) is 50.4 Å². The van der Waals surface area contributed by atoms with Crippen molar-refractivity contribution in [1.82, 2.24) is 15.5 Å². The Balaban J connectivity index is 1.65. The standard InChI is InChI=1S/C22H23N7O3/c1-12-3-4-14(21(30)28-18-7-8-32-29-18)9-17(12)27-20(25-11-23)19-13(2)16(10-24-19)22(31)26-15-5-6-15/h3-4,7-11,15,24H,5-6H2,1-2H3,(H,26,31)(H2,23,25,27)(H,28,29,30). The van der Waals surface area contributed by atoms with E-state index in [2.05, 4.69) is 30.8 Å². The van der Waals surface area contributed by atoms with Gasteiger partial charge < -0.3 is 25.9 Å². The van der Waals surface area contributed by atoms with E-state index in [9.17, 15) is 9.59 Å². The molecule has 3 aromatic rings. The maximum Gasteiger partial charge on any atom is 0.256 e. The van der Waals surface area contributed by atoms with Crippen LogP contribution in [0.3, 0.4) is 0 Å². The lowest BCUT2D eigenvalue weighted by Gasteiger charge is -2.07. The molecule has 0 unspecified atom stereocenters. The van der Waals surface area contributed by atoms with E-state index in [4.69, 9.17) is 10.3 Å². The molecule has 1 fully saturated rings. The minimum Gasteiger partial charge on any atom is -0.390 e. The molecule has 0 saturated heterocycles. The first-order valence-electron chi connectivity index (χ1n) is 10.1. The fraction of sp³-hybridized carbons (Fsp3) is 0.227. The number of anilines is 1. The third-order valence-corrected chi connectivity index (χ3v) is 5.09. The Hall–Kier alpha value is -4.21. The highest BCUT2D eigenvalue weighted by Gasteiger charge is 2.26. The Bertz CT molecular complexity index is 1200. The van der Waals surface area contributed by atoms with Crippen LogP contribution in [0, 0.1) is 13.8 Å². The second kappa shape index (κ2) is 8.88. The summed E-state index contributed by atoms with van der Waals surface area (Å²) in [4.78, 5) is 36.9. The predicted molar refractivity (Wildman–Crippen MR) is 121 cm³/mol. The minimum absolute atomic E-state index is 0.133. The van der Waals surface area contributed by atoms with Crippen molar-refractivity contribution in [3.63, 3.8) is 0 Å². The predicted octanol–water partition coefficient (Wildman–Crippen LogP) is 2.83. The van der Waals surface area contributed by atoms with Gasteiger partial charge in [0.2, 0.25) is 0 Å². The van der Waals surface area contributed by atoms with E-state index in [0.717, 1.165) is 24.7 Å². The van der Waals surface area contributed by atoms with E-state index in [1.165, 1.54) is 6.26 Å². The molecule has 10 nitrogen and oxygen atoms in total. The quantitative estimate of drug-likeness (QED) is 0.348. The number of hydrogen-bond donors (Lipinski definition) is 4. The average molecular weight is 433 g/mol. The highest BCUT2D eigenvalue weighted by Crippen LogP contribution is 2.25. The van der Waals surface area contributed by atoms with E-state index < -0.39 is 0 Å². The van der Waals surface area contributed by atoms with E-state index in [1.54, 1.807) is 30.5 Å². The largest absolute Gasteiger partial charge is 0.390 e. The lowest BCUT2D eigenvalue weighted by Crippen LogP contribution is -2.25. The van der Waals surface area contributed by atoms with Gasteiger partial charge in [-0.1, -0.05) is 11.2 Å². The Kier molecular flexibility index (Phi) is 5.84. The topological polar surface area (TPSA) is 151 Å². The van der Waals surface area contributed by atoms with E-state index >= 15 is 0 Å². The molecule has 0 radical (unpaired) electrons. The average Bonchev–Trinajstić information content (AvgIpc) is 3.27. The zero-order valence-corrected chi connectivity index (χ0v) is 17.7.